The highest BCUT2D eigenvalue weighted by molar-refractivity contribution is 9.10. The average Bonchev–Trinajstić information content (AvgIpc) is 3.03. The maximum absolute atomic E-state index is 14.4. The first-order chi connectivity index (χ1) is 21.1. The van der Waals surface area contributed by atoms with Crippen LogP contribution in [0.25, 0.3) is 0 Å². The van der Waals surface area contributed by atoms with E-state index in [0.29, 0.717) is 16.5 Å². The average molecular weight is 681 g/mol. The Morgan fingerprint density at radius 2 is 1.50 bits per heavy atom. The summed E-state index contributed by atoms with van der Waals surface area (Å²) in [7, 11) is -4.19. The number of hydrogen-bond donors (Lipinski definition) is 1. The molecule has 2 amide bonds. The fourth-order valence-corrected chi connectivity index (χ4v) is 6.48. The summed E-state index contributed by atoms with van der Waals surface area (Å²) in [5.74, 6) is -1.38. The van der Waals surface area contributed by atoms with Crippen LogP contribution in [-0.2, 0) is 32.6 Å². The zero-order valence-electron chi connectivity index (χ0n) is 24.6. The van der Waals surface area contributed by atoms with E-state index in [0.717, 1.165) is 9.87 Å². The van der Waals surface area contributed by atoms with E-state index in [1.165, 1.54) is 29.2 Å². The van der Waals surface area contributed by atoms with Crippen LogP contribution in [-0.4, -0.2) is 43.8 Å². The maximum Gasteiger partial charge on any atom is 0.264 e. The number of anilines is 1. The van der Waals surface area contributed by atoms with Gasteiger partial charge in [-0.25, -0.2) is 12.8 Å². The standard InChI is InChI=1S/C34H35BrFN3O4S/c1-3-25(2)37-34(41)32(21-26-11-6-4-7-12-26)38(23-27-17-19-29(36)20-18-27)33(40)24-39(30-14-10-13-28(35)22-30)44(42,43)31-15-8-5-9-16-31/h4-20,22,25,32H,3,21,23-24H2,1-2H3,(H,37,41)/t25-,32-/m0/s1. The van der Waals surface area contributed by atoms with Gasteiger partial charge in [0.05, 0.1) is 10.6 Å². The first kappa shape index (κ1) is 32.9. The van der Waals surface area contributed by atoms with Gasteiger partial charge in [-0.05, 0) is 66.9 Å². The van der Waals surface area contributed by atoms with E-state index in [1.807, 2.05) is 44.2 Å². The molecule has 44 heavy (non-hydrogen) atoms. The first-order valence-corrected chi connectivity index (χ1v) is 16.5. The lowest BCUT2D eigenvalue weighted by atomic mass is 10.0. The van der Waals surface area contributed by atoms with Crippen LogP contribution in [0.4, 0.5) is 10.1 Å². The molecule has 0 bridgehead atoms. The van der Waals surface area contributed by atoms with Gasteiger partial charge in [-0.2, -0.15) is 0 Å². The minimum atomic E-state index is -4.19. The molecule has 4 rings (SSSR count). The molecule has 2 atom stereocenters. The lowest BCUT2D eigenvalue weighted by molar-refractivity contribution is -0.140. The molecule has 0 heterocycles. The van der Waals surface area contributed by atoms with E-state index in [1.54, 1.807) is 54.6 Å². The Bertz CT molecular complexity index is 1660. The molecule has 7 nitrogen and oxygen atoms in total. The Morgan fingerprint density at radius 3 is 2.11 bits per heavy atom. The monoisotopic (exact) mass is 679 g/mol. The molecule has 0 aliphatic heterocycles. The Morgan fingerprint density at radius 1 is 0.864 bits per heavy atom. The van der Waals surface area contributed by atoms with Crippen molar-refractivity contribution in [1.82, 2.24) is 10.2 Å². The summed E-state index contributed by atoms with van der Waals surface area (Å²) in [5.41, 5.74) is 1.70. The molecule has 10 heteroatoms. The summed E-state index contributed by atoms with van der Waals surface area (Å²) in [4.78, 5) is 29.6. The second kappa shape index (κ2) is 15.1. The van der Waals surface area contributed by atoms with Gasteiger partial charge < -0.3 is 10.2 Å². The summed E-state index contributed by atoms with van der Waals surface area (Å²) in [5, 5.41) is 3.00. The number of hydrogen-bond acceptors (Lipinski definition) is 4. The van der Waals surface area contributed by atoms with Crippen LogP contribution in [0.5, 0.6) is 0 Å². The SMILES string of the molecule is CC[C@H](C)NC(=O)[C@H](Cc1ccccc1)N(Cc1ccc(F)cc1)C(=O)CN(c1cccc(Br)c1)S(=O)(=O)c1ccccc1. The summed E-state index contributed by atoms with van der Waals surface area (Å²) < 4.78 is 43.5. The number of amides is 2. The van der Waals surface area contributed by atoms with Crippen molar-refractivity contribution in [3.63, 3.8) is 0 Å². The Hall–Kier alpha value is -4.02. The van der Waals surface area contributed by atoms with Crippen LogP contribution in [0, 0.1) is 5.82 Å². The zero-order chi connectivity index (χ0) is 31.7. The van der Waals surface area contributed by atoms with Gasteiger partial charge >= 0.3 is 0 Å². The van der Waals surface area contributed by atoms with Crippen LogP contribution in [0.3, 0.4) is 0 Å². The van der Waals surface area contributed by atoms with E-state index in [-0.39, 0.29) is 35.5 Å². The van der Waals surface area contributed by atoms with Crippen molar-refractivity contribution in [3.8, 4) is 0 Å². The van der Waals surface area contributed by atoms with E-state index < -0.39 is 34.3 Å². The summed E-state index contributed by atoms with van der Waals surface area (Å²) >= 11 is 3.41. The molecule has 4 aromatic carbocycles. The third kappa shape index (κ3) is 8.54. The fraction of sp³-hybridized carbons (Fsp3) is 0.235. The number of carbonyl (C=O) groups is 2. The van der Waals surface area contributed by atoms with Crippen LogP contribution in [0.1, 0.15) is 31.4 Å². The molecule has 0 spiro atoms. The fourth-order valence-electron chi connectivity index (χ4n) is 4.66. The van der Waals surface area contributed by atoms with Gasteiger partial charge in [-0.3, -0.25) is 13.9 Å². The van der Waals surface area contributed by atoms with Crippen molar-refractivity contribution >= 4 is 43.5 Å². The molecule has 0 saturated carbocycles. The van der Waals surface area contributed by atoms with E-state index >= 15 is 0 Å². The Balaban J connectivity index is 1.80. The third-order valence-corrected chi connectivity index (χ3v) is 9.53. The molecule has 0 aliphatic carbocycles. The van der Waals surface area contributed by atoms with Gasteiger partial charge in [-0.1, -0.05) is 89.6 Å². The summed E-state index contributed by atoms with van der Waals surface area (Å²) in [6, 6.07) is 28.4. The molecule has 4 aromatic rings. The maximum atomic E-state index is 14.4. The second-order valence-electron chi connectivity index (χ2n) is 10.5. The number of sulfonamides is 1. The first-order valence-electron chi connectivity index (χ1n) is 14.3. The van der Waals surface area contributed by atoms with Crippen LogP contribution in [0.15, 0.2) is 119 Å². The molecule has 0 aromatic heterocycles. The lowest BCUT2D eigenvalue weighted by Crippen LogP contribution is -2.54. The minimum Gasteiger partial charge on any atom is -0.352 e. The molecule has 230 valence electrons. The number of carbonyl (C=O) groups excluding carboxylic acids is 2. The number of nitrogens with zero attached hydrogens (tertiary/aromatic N) is 2. The Labute approximate surface area is 266 Å². The predicted octanol–water partition coefficient (Wildman–Crippen LogP) is 6.34. The van der Waals surface area contributed by atoms with Crippen molar-refractivity contribution in [3.05, 3.63) is 131 Å². The number of benzene rings is 4. The van der Waals surface area contributed by atoms with Gasteiger partial charge in [0.2, 0.25) is 11.8 Å². The smallest absolute Gasteiger partial charge is 0.264 e. The van der Waals surface area contributed by atoms with Gasteiger partial charge in [-0.15, -0.1) is 0 Å². The molecule has 0 fully saturated rings. The van der Waals surface area contributed by atoms with Gasteiger partial charge in [0, 0.05) is 23.5 Å². The highest BCUT2D eigenvalue weighted by atomic mass is 79.9. The quantitative estimate of drug-likeness (QED) is 0.179. The zero-order valence-corrected chi connectivity index (χ0v) is 27.0. The van der Waals surface area contributed by atoms with Gasteiger partial charge in [0.25, 0.3) is 10.0 Å². The lowest BCUT2D eigenvalue weighted by Gasteiger charge is -2.34. The predicted molar refractivity (Wildman–Crippen MR) is 174 cm³/mol. The van der Waals surface area contributed by atoms with Crippen molar-refractivity contribution < 1.29 is 22.4 Å². The van der Waals surface area contributed by atoms with E-state index in [2.05, 4.69) is 21.2 Å². The highest BCUT2D eigenvalue weighted by Gasteiger charge is 2.35. The molecule has 0 radical (unpaired) electrons. The topological polar surface area (TPSA) is 86.8 Å². The van der Waals surface area contributed by atoms with Crippen LogP contribution < -0.4 is 9.62 Å². The van der Waals surface area contributed by atoms with Gasteiger partial charge in [0.15, 0.2) is 0 Å². The largest absolute Gasteiger partial charge is 0.352 e. The van der Waals surface area contributed by atoms with Crippen LogP contribution in [0.2, 0.25) is 0 Å². The number of halogens is 2. The van der Waals surface area contributed by atoms with Crippen molar-refractivity contribution in [2.75, 3.05) is 10.8 Å². The molecular formula is C34H35BrFN3O4S. The number of rotatable bonds is 13. The van der Waals surface area contributed by atoms with Crippen LogP contribution >= 0.6 is 15.9 Å². The minimum absolute atomic E-state index is 0.0215. The molecular weight excluding hydrogens is 645 g/mol. The molecule has 0 unspecified atom stereocenters. The van der Waals surface area contributed by atoms with Crippen molar-refractivity contribution in [1.29, 1.82) is 0 Å². The molecule has 0 aliphatic rings. The third-order valence-electron chi connectivity index (χ3n) is 7.24. The summed E-state index contributed by atoms with van der Waals surface area (Å²) in [6.07, 6.45) is 0.875. The molecule has 1 N–H and O–H groups in total. The summed E-state index contributed by atoms with van der Waals surface area (Å²) in [6.45, 7) is 3.22. The highest BCUT2D eigenvalue weighted by Crippen LogP contribution is 2.27. The molecule has 0 saturated heterocycles. The normalized spacial score (nSPS) is 12.6. The second-order valence-corrected chi connectivity index (χ2v) is 13.3. The Kier molecular flexibility index (Phi) is 11.3. The van der Waals surface area contributed by atoms with E-state index in [9.17, 15) is 22.4 Å². The van der Waals surface area contributed by atoms with Crippen molar-refractivity contribution in [2.24, 2.45) is 0 Å². The van der Waals surface area contributed by atoms with E-state index in [4.69, 9.17) is 0 Å². The van der Waals surface area contributed by atoms with Gasteiger partial charge in [0.1, 0.15) is 18.4 Å². The number of nitrogens with one attached hydrogen (secondary N) is 1. The van der Waals surface area contributed by atoms with Crippen molar-refractivity contribution in [2.45, 2.75) is 50.2 Å².